The molecule has 39 heavy (non-hydrogen) atoms. The standard InChI is InChI=1S/C29H26Cl2N2O6/c30-21-4-2-5-22(31)25(21)28(35)33-23(29(36)37)13-16-7-9-17(10-8-16)18-11-12-32-14-20(18)26(34)19-3-1-6-24-27(19)39-15-38-24/h1-10,18,20,23,32H,11-15H2,(H,33,35)(H,36,37)/t18?,20?,23-/m0/s1. The molecule has 1 fully saturated rings. The number of nitrogens with one attached hydrogen (secondary N) is 2. The molecule has 3 atom stereocenters. The molecule has 0 saturated carbocycles. The molecule has 1 amide bonds. The highest BCUT2D eigenvalue weighted by atomic mass is 35.5. The highest BCUT2D eigenvalue weighted by Gasteiger charge is 2.35. The van der Waals surface area contributed by atoms with Crippen LogP contribution in [0, 0.1) is 5.92 Å². The Kier molecular flexibility index (Phi) is 8.07. The molecule has 2 heterocycles. The Morgan fingerprint density at radius 2 is 1.72 bits per heavy atom. The van der Waals surface area contributed by atoms with Crippen LogP contribution in [0.2, 0.25) is 10.0 Å². The van der Waals surface area contributed by atoms with E-state index in [2.05, 4.69) is 10.6 Å². The Morgan fingerprint density at radius 3 is 2.44 bits per heavy atom. The number of carbonyl (C=O) groups excluding carboxylic acids is 2. The van der Waals surface area contributed by atoms with Gasteiger partial charge in [0.1, 0.15) is 6.04 Å². The fourth-order valence-corrected chi connectivity index (χ4v) is 5.71. The molecule has 0 aliphatic carbocycles. The van der Waals surface area contributed by atoms with Gasteiger partial charge in [0, 0.05) is 18.9 Å². The number of carboxylic acid groups (broad SMARTS) is 1. The summed E-state index contributed by atoms with van der Waals surface area (Å²) >= 11 is 12.2. The van der Waals surface area contributed by atoms with Crippen LogP contribution in [0.5, 0.6) is 11.5 Å². The number of para-hydroxylation sites is 1. The number of Topliss-reactive ketones (excluding diaryl/α,β-unsaturated/α-hetero) is 1. The molecule has 202 valence electrons. The summed E-state index contributed by atoms with van der Waals surface area (Å²) in [5, 5.41) is 15.9. The quantitative estimate of drug-likeness (QED) is 0.337. The number of ketones is 1. The Hall–Kier alpha value is -3.59. The Balaban J connectivity index is 1.31. The summed E-state index contributed by atoms with van der Waals surface area (Å²) in [6.07, 6.45) is 0.833. The van der Waals surface area contributed by atoms with Crippen molar-refractivity contribution in [1.29, 1.82) is 0 Å². The number of halogens is 2. The average molecular weight is 569 g/mol. The molecule has 3 aromatic carbocycles. The van der Waals surface area contributed by atoms with Crippen molar-refractivity contribution in [2.75, 3.05) is 19.9 Å². The molecule has 3 aromatic rings. The number of carbonyl (C=O) groups is 3. The Bertz CT molecular complexity index is 1390. The summed E-state index contributed by atoms with van der Waals surface area (Å²) in [6, 6.07) is 16.3. The van der Waals surface area contributed by atoms with E-state index >= 15 is 0 Å². The maximum atomic E-state index is 13.6. The fourth-order valence-electron chi connectivity index (χ4n) is 5.14. The zero-order chi connectivity index (χ0) is 27.5. The molecule has 3 N–H and O–H groups in total. The van der Waals surface area contributed by atoms with Gasteiger partial charge in [0.2, 0.25) is 6.79 Å². The third kappa shape index (κ3) is 5.73. The molecule has 2 aliphatic rings. The van der Waals surface area contributed by atoms with E-state index < -0.39 is 17.9 Å². The largest absolute Gasteiger partial charge is 0.480 e. The highest BCUT2D eigenvalue weighted by Crippen LogP contribution is 2.40. The Labute approximate surface area is 235 Å². The van der Waals surface area contributed by atoms with Crippen LogP contribution in [0.25, 0.3) is 0 Å². The second kappa shape index (κ2) is 11.7. The number of benzene rings is 3. The van der Waals surface area contributed by atoms with Gasteiger partial charge >= 0.3 is 5.97 Å². The average Bonchev–Trinajstić information content (AvgIpc) is 3.42. The first-order valence-electron chi connectivity index (χ1n) is 12.5. The molecule has 0 bridgehead atoms. The summed E-state index contributed by atoms with van der Waals surface area (Å²) in [6.45, 7) is 1.41. The zero-order valence-electron chi connectivity index (χ0n) is 20.8. The van der Waals surface area contributed by atoms with Gasteiger partial charge < -0.3 is 25.2 Å². The number of rotatable bonds is 8. The van der Waals surface area contributed by atoms with Gasteiger partial charge in [-0.15, -0.1) is 0 Å². The van der Waals surface area contributed by atoms with E-state index in [9.17, 15) is 19.5 Å². The smallest absolute Gasteiger partial charge is 0.326 e. The van der Waals surface area contributed by atoms with Crippen LogP contribution < -0.4 is 20.1 Å². The van der Waals surface area contributed by atoms with Crippen LogP contribution in [-0.4, -0.2) is 48.7 Å². The zero-order valence-corrected chi connectivity index (χ0v) is 22.3. The molecule has 5 rings (SSSR count). The number of hydrogen-bond acceptors (Lipinski definition) is 6. The van der Waals surface area contributed by atoms with Gasteiger partial charge in [0.25, 0.3) is 5.91 Å². The minimum atomic E-state index is -1.19. The van der Waals surface area contributed by atoms with Crippen LogP contribution in [0.1, 0.15) is 44.2 Å². The molecule has 10 heteroatoms. The number of ether oxygens (including phenoxy) is 2. The molecular formula is C29H26Cl2N2O6. The van der Waals surface area contributed by atoms with Crippen LogP contribution in [-0.2, 0) is 11.2 Å². The van der Waals surface area contributed by atoms with E-state index in [0.29, 0.717) is 23.6 Å². The van der Waals surface area contributed by atoms with Gasteiger partial charge in [0.05, 0.1) is 21.2 Å². The van der Waals surface area contributed by atoms with Gasteiger partial charge in [-0.25, -0.2) is 4.79 Å². The van der Waals surface area contributed by atoms with Crippen molar-refractivity contribution >= 4 is 40.9 Å². The number of carboxylic acids is 1. The molecule has 0 spiro atoms. The van der Waals surface area contributed by atoms with Crippen molar-refractivity contribution in [3.63, 3.8) is 0 Å². The lowest BCUT2D eigenvalue weighted by Crippen LogP contribution is -2.42. The normalized spacial score (nSPS) is 18.8. The van der Waals surface area contributed by atoms with Crippen molar-refractivity contribution in [3.8, 4) is 11.5 Å². The number of hydrogen-bond donors (Lipinski definition) is 3. The third-order valence-electron chi connectivity index (χ3n) is 7.12. The molecule has 0 aromatic heterocycles. The van der Waals surface area contributed by atoms with E-state index in [-0.39, 0.29) is 46.4 Å². The maximum absolute atomic E-state index is 13.6. The number of piperidine rings is 1. The molecule has 2 aliphatic heterocycles. The fraction of sp³-hybridized carbons (Fsp3) is 0.276. The topological polar surface area (TPSA) is 114 Å². The minimum Gasteiger partial charge on any atom is -0.480 e. The summed E-state index contributed by atoms with van der Waals surface area (Å²) < 4.78 is 11.0. The van der Waals surface area contributed by atoms with E-state index in [4.69, 9.17) is 32.7 Å². The van der Waals surface area contributed by atoms with Crippen molar-refractivity contribution in [3.05, 3.63) is 93.0 Å². The predicted octanol–water partition coefficient (Wildman–Crippen LogP) is 4.72. The lowest BCUT2D eigenvalue weighted by molar-refractivity contribution is -0.139. The lowest BCUT2D eigenvalue weighted by Gasteiger charge is -2.32. The van der Waals surface area contributed by atoms with Crippen LogP contribution in [0.15, 0.2) is 60.7 Å². The second-order valence-electron chi connectivity index (χ2n) is 9.52. The van der Waals surface area contributed by atoms with Crippen LogP contribution >= 0.6 is 23.2 Å². The van der Waals surface area contributed by atoms with Crippen molar-refractivity contribution < 1.29 is 29.0 Å². The highest BCUT2D eigenvalue weighted by molar-refractivity contribution is 6.39. The second-order valence-corrected chi connectivity index (χ2v) is 10.3. The van der Waals surface area contributed by atoms with Crippen LogP contribution in [0.3, 0.4) is 0 Å². The molecule has 2 unspecified atom stereocenters. The maximum Gasteiger partial charge on any atom is 0.326 e. The van der Waals surface area contributed by atoms with Gasteiger partial charge in [-0.1, -0.05) is 59.6 Å². The summed E-state index contributed by atoms with van der Waals surface area (Å²) in [4.78, 5) is 38.3. The van der Waals surface area contributed by atoms with Crippen molar-refractivity contribution in [2.45, 2.75) is 24.8 Å². The number of fused-ring (bicyclic) bond motifs is 1. The monoisotopic (exact) mass is 568 g/mol. The van der Waals surface area contributed by atoms with E-state index in [1.165, 1.54) is 12.1 Å². The van der Waals surface area contributed by atoms with E-state index in [0.717, 1.165) is 24.1 Å². The minimum absolute atomic E-state index is 0.00878. The van der Waals surface area contributed by atoms with Crippen molar-refractivity contribution in [1.82, 2.24) is 10.6 Å². The number of amides is 1. The van der Waals surface area contributed by atoms with Gasteiger partial charge in [-0.2, -0.15) is 0 Å². The first-order chi connectivity index (χ1) is 18.8. The van der Waals surface area contributed by atoms with Crippen molar-refractivity contribution in [2.24, 2.45) is 5.92 Å². The summed E-state index contributed by atoms with van der Waals surface area (Å²) in [5.41, 5.74) is 2.26. The molecular weight excluding hydrogens is 543 g/mol. The summed E-state index contributed by atoms with van der Waals surface area (Å²) in [5.74, 6) is -1.11. The number of aliphatic carboxylic acids is 1. The van der Waals surface area contributed by atoms with Gasteiger partial charge in [-0.05, 0) is 54.3 Å². The van der Waals surface area contributed by atoms with E-state index in [1.54, 1.807) is 24.3 Å². The van der Waals surface area contributed by atoms with Crippen LogP contribution in [0.4, 0.5) is 0 Å². The van der Waals surface area contributed by atoms with Gasteiger partial charge in [0.15, 0.2) is 17.3 Å². The summed E-state index contributed by atoms with van der Waals surface area (Å²) in [7, 11) is 0. The van der Waals surface area contributed by atoms with E-state index in [1.807, 2.05) is 24.3 Å². The molecule has 1 saturated heterocycles. The first-order valence-corrected chi connectivity index (χ1v) is 13.3. The SMILES string of the molecule is O=C(N[C@@H](Cc1ccc(C2CCNCC2C(=O)c2cccc3c2OCO3)cc1)C(=O)O)c1c(Cl)cccc1Cl. The third-order valence-corrected chi connectivity index (χ3v) is 7.75. The molecule has 0 radical (unpaired) electrons. The first kappa shape index (κ1) is 27.0. The lowest BCUT2D eigenvalue weighted by atomic mass is 9.77. The van der Waals surface area contributed by atoms with Gasteiger partial charge in [-0.3, -0.25) is 9.59 Å². The Morgan fingerprint density at radius 1 is 1.00 bits per heavy atom. The molecule has 8 nitrogen and oxygen atoms in total. The predicted molar refractivity (Wildman–Crippen MR) is 146 cm³/mol.